The third-order valence-corrected chi connectivity index (χ3v) is 4.55. The third kappa shape index (κ3) is 2.97. The maximum Gasteiger partial charge on any atom is 0.497 e. The van der Waals surface area contributed by atoms with E-state index < -0.39 is 24.4 Å². The third-order valence-electron chi connectivity index (χ3n) is 4.28. The second-order valence-electron chi connectivity index (χ2n) is 6.27. The average Bonchev–Trinajstić information content (AvgIpc) is 2.87. The standard InChI is InChI=1S/C13H16BClFN3O2.C2H6/c1-12(2)13(3,4)21-14(20-12)7-6-19(5)10-8(7)9(15)17-11(16)18-10;1-2/h6H,1-5H3;1-2H3. The minimum absolute atomic E-state index is 0.0582. The first-order valence-corrected chi connectivity index (χ1v) is 8.04. The van der Waals surface area contributed by atoms with Crippen molar-refractivity contribution in [3.63, 3.8) is 0 Å². The van der Waals surface area contributed by atoms with Crippen molar-refractivity contribution < 1.29 is 13.7 Å². The zero-order valence-electron chi connectivity index (χ0n) is 14.6. The lowest BCUT2D eigenvalue weighted by molar-refractivity contribution is 0.00578. The van der Waals surface area contributed by atoms with E-state index in [1.54, 1.807) is 17.8 Å². The van der Waals surface area contributed by atoms with Crippen LogP contribution in [0.1, 0.15) is 41.5 Å². The summed E-state index contributed by atoms with van der Waals surface area (Å²) in [5.74, 6) is 0. The summed E-state index contributed by atoms with van der Waals surface area (Å²) in [6.07, 6.45) is 0.932. The zero-order valence-corrected chi connectivity index (χ0v) is 15.3. The number of nitrogens with zero attached hydrogens (tertiary/aromatic N) is 3. The van der Waals surface area contributed by atoms with Gasteiger partial charge in [0.15, 0.2) is 0 Å². The van der Waals surface area contributed by atoms with Crippen LogP contribution in [0.5, 0.6) is 0 Å². The summed E-state index contributed by atoms with van der Waals surface area (Å²) in [4.78, 5) is 7.37. The lowest BCUT2D eigenvalue weighted by atomic mass is 9.79. The van der Waals surface area contributed by atoms with E-state index >= 15 is 0 Å². The first-order chi connectivity index (χ1) is 10.6. The van der Waals surface area contributed by atoms with Gasteiger partial charge in [-0.25, -0.2) is 0 Å². The smallest absolute Gasteiger partial charge is 0.399 e. The molecule has 23 heavy (non-hydrogen) atoms. The van der Waals surface area contributed by atoms with Gasteiger partial charge in [0.25, 0.3) is 0 Å². The summed E-state index contributed by atoms with van der Waals surface area (Å²) in [5, 5.41) is 0.613. The Morgan fingerprint density at radius 1 is 1.13 bits per heavy atom. The van der Waals surface area contributed by atoms with E-state index in [-0.39, 0.29) is 5.15 Å². The van der Waals surface area contributed by atoms with Gasteiger partial charge in [-0.2, -0.15) is 14.4 Å². The number of aromatic nitrogens is 3. The van der Waals surface area contributed by atoms with Gasteiger partial charge in [0.05, 0.1) is 16.6 Å². The van der Waals surface area contributed by atoms with E-state index in [2.05, 4.69) is 9.97 Å². The summed E-state index contributed by atoms with van der Waals surface area (Å²) >= 11 is 6.09. The van der Waals surface area contributed by atoms with Crippen LogP contribution in [0.25, 0.3) is 11.0 Å². The number of hydrogen-bond donors (Lipinski definition) is 0. The molecule has 1 saturated heterocycles. The normalized spacial score (nSPS) is 18.9. The molecule has 0 unspecified atom stereocenters. The zero-order chi connectivity index (χ0) is 17.6. The first kappa shape index (κ1) is 18.2. The minimum Gasteiger partial charge on any atom is -0.399 e. The molecular weight excluding hydrogens is 319 g/mol. The van der Waals surface area contributed by atoms with Gasteiger partial charge in [-0.05, 0) is 27.7 Å². The van der Waals surface area contributed by atoms with Gasteiger partial charge in [-0.1, -0.05) is 25.4 Å². The molecule has 3 heterocycles. The predicted molar refractivity (Wildman–Crippen MR) is 90.5 cm³/mol. The minimum atomic E-state index is -0.853. The lowest BCUT2D eigenvalue weighted by Crippen LogP contribution is -2.41. The molecule has 1 aliphatic heterocycles. The highest BCUT2D eigenvalue weighted by molar-refractivity contribution is 6.66. The number of halogens is 2. The molecule has 2 aromatic rings. The molecule has 1 fully saturated rings. The summed E-state index contributed by atoms with van der Waals surface area (Å²) in [7, 11) is 1.17. The van der Waals surface area contributed by atoms with Crippen LogP contribution >= 0.6 is 11.6 Å². The molecule has 0 saturated carbocycles. The van der Waals surface area contributed by atoms with Gasteiger partial charge >= 0.3 is 13.2 Å². The van der Waals surface area contributed by atoms with Gasteiger partial charge in [-0.3, -0.25) is 0 Å². The summed E-state index contributed by atoms with van der Waals surface area (Å²) in [5.41, 5.74) is 0.189. The molecule has 0 atom stereocenters. The molecule has 0 bridgehead atoms. The van der Waals surface area contributed by atoms with E-state index in [9.17, 15) is 4.39 Å². The summed E-state index contributed by atoms with van der Waals surface area (Å²) in [6.45, 7) is 11.9. The van der Waals surface area contributed by atoms with Crippen molar-refractivity contribution in [3.8, 4) is 0 Å². The quantitative estimate of drug-likeness (QED) is 0.454. The maximum atomic E-state index is 13.3. The Kier molecular flexibility index (Phi) is 4.77. The Labute approximate surface area is 141 Å². The SMILES string of the molecule is CC.Cn1cc(B2OC(C)(C)C(C)(C)O2)c2c(Cl)nc(F)nc21. The van der Waals surface area contributed by atoms with Gasteiger partial charge in [-0.15, -0.1) is 0 Å². The van der Waals surface area contributed by atoms with Crippen LogP contribution in [0.4, 0.5) is 4.39 Å². The molecule has 8 heteroatoms. The molecule has 0 N–H and O–H groups in total. The number of aryl methyl sites for hydroxylation is 1. The Bertz CT molecular complexity index is 717. The van der Waals surface area contributed by atoms with E-state index in [1.165, 1.54) is 0 Å². The van der Waals surface area contributed by atoms with Gasteiger partial charge in [0, 0.05) is 18.7 Å². The maximum absolute atomic E-state index is 13.3. The van der Waals surface area contributed by atoms with Crippen LogP contribution < -0.4 is 5.46 Å². The van der Waals surface area contributed by atoms with Gasteiger partial charge in [0.2, 0.25) is 0 Å². The van der Waals surface area contributed by atoms with Crippen molar-refractivity contribution in [3.05, 3.63) is 17.4 Å². The summed E-state index contributed by atoms with van der Waals surface area (Å²) < 4.78 is 27.0. The fourth-order valence-electron chi connectivity index (χ4n) is 2.38. The van der Waals surface area contributed by atoms with Crippen LogP contribution in [-0.2, 0) is 16.4 Å². The molecule has 1 aliphatic rings. The molecule has 5 nitrogen and oxygen atoms in total. The van der Waals surface area contributed by atoms with Crippen LogP contribution in [0.2, 0.25) is 5.15 Å². The fourth-order valence-corrected chi connectivity index (χ4v) is 2.65. The Balaban J connectivity index is 0.000000924. The highest BCUT2D eigenvalue weighted by Crippen LogP contribution is 2.37. The van der Waals surface area contributed by atoms with Crippen molar-refractivity contribution in [1.29, 1.82) is 0 Å². The molecule has 2 aromatic heterocycles. The number of hydrogen-bond acceptors (Lipinski definition) is 4. The number of rotatable bonds is 1. The largest absolute Gasteiger partial charge is 0.497 e. The van der Waals surface area contributed by atoms with E-state index in [4.69, 9.17) is 20.9 Å². The van der Waals surface area contributed by atoms with Crippen molar-refractivity contribution in [1.82, 2.24) is 14.5 Å². The highest BCUT2D eigenvalue weighted by Gasteiger charge is 2.52. The topological polar surface area (TPSA) is 49.2 Å². The van der Waals surface area contributed by atoms with Crippen molar-refractivity contribution in [2.45, 2.75) is 52.7 Å². The van der Waals surface area contributed by atoms with Crippen molar-refractivity contribution >= 4 is 35.2 Å². The molecule has 0 spiro atoms. The van der Waals surface area contributed by atoms with E-state index in [0.29, 0.717) is 16.5 Å². The molecule has 0 aliphatic carbocycles. The molecule has 0 aromatic carbocycles. The monoisotopic (exact) mass is 341 g/mol. The molecule has 126 valence electrons. The predicted octanol–water partition coefficient (Wildman–Crippen LogP) is 3.09. The van der Waals surface area contributed by atoms with Gasteiger partial charge < -0.3 is 13.9 Å². The Morgan fingerprint density at radius 2 is 1.65 bits per heavy atom. The van der Waals surface area contributed by atoms with E-state index in [1.807, 2.05) is 41.5 Å². The second-order valence-corrected chi connectivity index (χ2v) is 6.62. The molecular formula is C15H22BClFN3O2. The van der Waals surface area contributed by atoms with Crippen molar-refractivity contribution in [2.24, 2.45) is 7.05 Å². The van der Waals surface area contributed by atoms with Crippen LogP contribution in [-0.4, -0.2) is 32.9 Å². The highest BCUT2D eigenvalue weighted by atomic mass is 35.5. The number of fused-ring (bicyclic) bond motifs is 1. The first-order valence-electron chi connectivity index (χ1n) is 7.66. The molecule has 0 radical (unpaired) electrons. The van der Waals surface area contributed by atoms with Crippen molar-refractivity contribution in [2.75, 3.05) is 0 Å². The second kappa shape index (κ2) is 6.04. The Hall–Kier alpha value is -1.18. The average molecular weight is 342 g/mol. The van der Waals surface area contributed by atoms with Crippen LogP contribution in [0.3, 0.4) is 0 Å². The Morgan fingerprint density at radius 3 is 2.17 bits per heavy atom. The fraction of sp³-hybridized carbons (Fsp3) is 0.600. The molecule has 3 rings (SSSR count). The van der Waals surface area contributed by atoms with Gasteiger partial charge in [0.1, 0.15) is 10.8 Å². The van der Waals surface area contributed by atoms with Crippen LogP contribution in [0, 0.1) is 6.08 Å². The van der Waals surface area contributed by atoms with E-state index in [0.717, 1.165) is 0 Å². The summed E-state index contributed by atoms with van der Waals surface area (Å²) in [6, 6.07) is 0. The lowest BCUT2D eigenvalue weighted by Gasteiger charge is -2.32. The molecule has 0 amide bonds. The van der Waals surface area contributed by atoms with Crippen LogP contribution in [0.15, 0.2) is 6.20 Å².